The predicted molar refractivity (Wildman–Crippen MR) is 67.3 cm³/mol. The number of carboxylic acids is 1. The summed E-state index contributed by atoms with van der Waals surface area (Å²) in [5.41, 5.74) is 0.226. The van der Waals surface area contributed by atoms with E-state index in [4.69, 9.17) is 5.11 Å². The summed E-state index contributed by atoms with van der Waals surface area (Å²) in [7, 11) is 0. The maximum Gasteiger partial charge on any atom is 0.323 e. The van der Waals surface area contributed by atoms with E-state index in [2.05, 4.69) is 12.2 Å². The summed E-state index contributed by atoms with van der Waals surface area (Å²) in [4.78, 5) is 24.2. The zero-order valence-corrected chi connectivity index (χ0v) is 10.9. The second kappa shape index (κ2) is 5.16. The first-order valence-corrected chi connectivity index (χ1v) is 6.73. The van der Waals surface area contributed by atoms with Crippen molar-refractivity contribution in [1.82, 2.24) is 10.2 Å². The third kappa shape index (κ3) is 3.62. The molecule has 2 saturated carbocycles. The fraction of sp³-hybridized carbons (Fsp3) is 0.846. The SMILES string of the molecule is CC1(CNC(=O)N(CC(=O)O)CC2CC2)CCC1. The molecule has 0 atom stereocenters. The van der Waals surface area contributed by atoms with Crippen molar-refractivity contribution in [3.8, 4) is 0 Å². The third-order valence-corrected chi connectivity index (χ3v) is 4.02. The number of aliphatic carboxylic acids is 1. The highest BCUT2D eigenvalue weighted by atomic mass is 16.4. The monoisotopic (exact) mass is 254 g/mol. The van der Waals surface area contributed by atoms with Gasteiger partial charge in [-0.05, 0) is 37.0 Å². The topological polar surface area (TPSA) is 69.6 Å². The maximum absolute atomic E-state index is 12.0. The number of hydrogen-bond acceptors (Lipinski definition) is 2. The minimum absolute atomic E-state index is 0.195. The number of carboxylic acid groups (broad SMARTS) is 1. The van der Waals surface area contributed by atoms with Gasteiger partial charge in [-0.1, -0.05) is 13.3 Å². The number of hydrogen-bond donors (Lipinski definition) is 2. The van der Waals surface area contributed by atoms with Gasteiger partial charge in [0.1, 0.15) is 6.54 Å². The van der Waals surface area contributed by atoms with E-state index in [1.54, 1.807) is 0 Å². The van der Waals surface area contributed by atoms with Crippen molar-refractivity contribution in [3.05, 3.63) is 0 Å². The molecule has 5 nitrogen and oxygen atoms in total. The van der Waals surface area contributed by atoms with E-state index in [1.807, 2.05) is 0 Å². The summed E-state index contributed by atoms with van der Waals surface area (Å²) < 4.78 is 0. The minimum atomic E-state index is -0.944. The van der Waals surface area contributed by atoms with Gasteiger partial charge < -0.3 is 15.3 Å². The lowest BCUT2D eigenvalue weighted by Gasteiger charge is -2.38. The number of nitrogens with zero attached hydrogens (tertiary/aromatic N) is 1. The normalized spacial score (nSPS) is 20.9. The van der Waals surface area contributed by atoms with Gasteiger partial charge in [0.2, 0.25) is 0 Å². The molecule has 0 saturated heterocycles. The summed E-state index contributed by atoms with van der Waals surface area (Å²) in [6.45, 7) is 3.21. The largest absolute Gasteiger partial charge is 0.480 e. The Morgan fingerprint density at radius 3 is 2.50 bits per heavy atom. The van der Waals surface area contributed by atoms with Crippen molar-refractivity contribution in [1.29, 1.82) is 0 Å². The number of carbonyl (C=O) groups excluding carboxylic acids is 1. The Bertz CT molecular complexity index is 335. The summed E-state index contributed by atoms with van der Waals surface area (Å²) in [5.74, 6) is -0.435. The Labute approximate surface area is 108 Å². The fourth-order valence-electron chi connectivity index (χ4n) is 2.35. The van der Waals surface area contributed by atoms with E-state index < -0.39 is 5.97 Å². The molecule has 0 radical (unpaired) electrons. The van der Waals surface area contributed by atoms with Crippen molar-refractivity contribution in [3.63, 3.8) is 0 Å². The number of amides is 2. The minimum Gasteiger partial charge on any atom is -0.480 e. The van der Waals surface area contributed by atoms with Gasteiger partial charge in [0.25, 0.3) is 0 Å². The highest BCUT2D eigenvalue weighted by molar-refractivity contribution is 5.80. The summed E-state index contributed by atoms with van der Waals surface area (Å²) in [6, 6.07) is -0.225. The molecule has 0 heterocycles. The van der Waals surface area contributed by atoms with Gasteiger partial charge in [-0.25, -0.2) is 4.79 Å². The van der Waals surface area contributed by atoms with Crippen LogP contribution in [0.1, 0.15) is 39.0 Å². The highest BCUT2D eigenvalue weighted by Gasteiger charge is 2.33. The molecule has 0 aliphatic heterocycles. The van der Waals surface area contributed by atoms with Gasteiger partial charge >= 0.3 is 12.0 Å². The molecule has 2 fully saturated rings. The van der Waals surface area contributed by atoms with Crippen LogP contribution in [0.5, 0.6) is 0 Å². The average molecular weight is 254 g/mol. The van der Waals surface area contributed by atoms with Gasteiger partial charge in [-0.3, -0.25) is 4.79 Å². The van der Waals surface area contributed by atoms with Gasteiger partial charge in [-0.15, -0.1) is 0 Å². The van der Waals surface area contributed by atoms with Crippen molar-refractivity contribution < 1.29 is 14.7 Å². The number of nitrogens with one attached hydrogen (secondary N) is 1. The molecular weight excluding hydrogens is 232 g/mol. The molecule has 0 aromatic heterocycles. The zero-order valence-electron chi connectivity index (χ0n) is 10.9. The van der Waals surface area contributed by atoms with E-state index in [0.29, 0.717) is 19.0 Å². The first-order valence-electron chi connectivity index (χ1n) is 6.73. The Kier molecular flexibility index (Phi) is 3.78. The van der Waals surface area contributed by atoms with E-state index in [0.717, 1.165) is 25.7 Å². The van der Waals surface area contributed by atoms with Crippen LogP contribution >= 0.6 is 0 Å². The molecule has 2 N–H and O–H groups in total. The van der Waals surface area contributed by atoms with E-state index >= 15 is 0 Å². The van der Waals surface area contributed by atoms with Gasteiger partial charge in [0.15, 0.2) is 0 Å². The van der Waals surface area contributed by atoms with Crippen LogP contribution in [0.2, 0.25) is 0 Å². The first kappa shape index (κ1) is 13.2. The lowest BCUT2D eigenvalue weighted by atomic mass is 9.70. The second-order valence-corrected chi connectivity index (χ2v) is 6.04. The van der Waals surface area contributed by atoms with Gasteiger partial charge in [0.05, 0.1) is 0 Å². The van der Waals surface area contributed by atoms with E-state index in [1.165, 1.54) is 11.3 Å². The van der Waals surface area contributed by atoms with Gasteiger partial charge in [-0.2, -0.15) is 0 Å². The van der Waals surface area contributed by atoms with E-state index in [-0.39, 0.29) is 18.0 Å². The molecule has 102 valence electrons. The molecule has 0 bridgehead atoms. The maximum atomic E-state index is 12.0. The molecule has 2 aliphatic carbocycles. The summed E-state index contributed by atoms with van der Waals surface area (Å²) >= 11 is 0. The average Bonchev–Trinajstić information content (AvgIpc) is 3.05. The van der Waals surface area contributed by atoms with Crippen LogP contribution in [0.4, 0.5) is 4.79 Å². The smallest absolute Gasteiger partial charge is 0.323 e. The third-order valence-electron chi connectivity index (χ3n) is 4.02. The van der Waals surface area contributed by atoms with Crippen LogP contribution in [0.25, 0.3) is 0 Å². The lowest BCUT2D eigenvalue weighted by molar-refractivity contribution is -0.137. The second-order valence-electron chi connectivity index (χ2n) is 6.04. The molecule has 18 heavy (non-hydrogen) atoms. The fourth-order valence-corrected chi connectivity index (χ4v) is 2.35. The van der Waals surface area contributed by atoms with Crippen LogP contribution in [0, 0.1) is 11.3 Å². The van der Waals surface area contributed by atoms with Crippen LogP contribution in [-0.2, 0) is 4.79 Å². The summed E-state index contributed by atoms with van der Waals surface area (Å²) in [5, 5.41) is 11.7. The zero-order chi connectivity index (χ0) is 13.2. The quantitative estimate of drug-likeness (QED) is 0.757. The standard InChI is InChI=1S/C13H22N2O3/c1-13(5-2-6-13)9-14-12(18)15(8-11(16)17)7-10-3-4-10/h10H,2-9H2,1H3,(H,14,18)(H,16,17). The molecule has 0 spiro atoms. The van der Waals surface area contributed by atoms with Crippen molar-refractivity contribution >= 4 is 12.0 Å². The number of urea groups is 1. The van der Waals surface area contributed by atoms with Crippen molar-refractivity contribution in [2.75, 3.05) is 19.6 Å². The molecule has 2 aliphatic rings. The molecular formula is C13H22N2O3. The molecule has 2 rings (SSSR count). The van der Waals surface area contributed by atoms with Gasteiger partial charge in [0, 0.05) is 13.1 Å². The molecule has 0 unspecified atom stereocenters. The number of rotatable bonds is 6. The Morgan fingerprint density at radius 2 is 2.06 bits per heavy atom. The van der Waals surface area contributed by atoms with Crippen LogP contribution in [0.15, 0.2) is 0 Å². The predicted octanol–water partition coefficient (Wildman–Crippen LogP) is 1.68. The number of carbonyl (C=O) groups is 2. The lowest BCUT2D eigenvalue weighted by Crippen LogP contribution is -2.48. The molecule has 5 heteroatoms. The van der Waals surface area contributed by atoms with Crippen molar-refractivity contribution in [2.24, 2.45) is 11.3 Å². The van der Waals surface area contributed by atoms with Crippen molar-refractivity contribution in [2.45, 2.75) is 39.0 Å². The first-order chi connectivity index (χ1) is 8.48. The Balaban J connectivity index is 1.79. The molecule has 0 aromatic carbocycles. The summed E-state index contributed by atoms with van der Waals surface area (Å²) in [6.07, 6.45) is 5.75. The Hall–Kier alpha value is -1.26. The molecule has 2 amide bonds. The van der Waals surface area contributed by atoms with Crippen LogP contribution in [-0.4, -0.2) is 41.6 Å². The van der Waals surface area contributed by atoms with E-state index in [9.17, 15) is 9.59 Å². The van der Waals surface area contributed by atoms with Crippen LogP contribution < -0.4 is 5.32 Å². The molecule has 0 aromatic rings. The highest BCUT2D eigenvalue weighted by Crippen LogP contribution is 2.39. The van der Waals surface area contributed by atoms with Crippen LogP contribution in [0.3, 0.4) is 0 Å². The Morgan fingerprint density at radius 1 is 1.39 bits per heavy atom.